The van der Waals surface area contributed by atoms with Gasteiger partial charge in [-0.25, -0.2) is 9.78 Å². The average molecular weight is 390 g/mol. The third-order valence-electron chi connectivity index (χ3n) is 3.25. The minimum absolute atomic E-state index is 0.144. The number of benzene rings is 2. The van der Waals surface area contributed by atoms with Crippen LogP contribution in [0.1, 0.15) is 6.92 Å². The van der Waals surface area contributed by atoms with Crippen LogP contribution in [0.4, 0.5) is 0 Å². The summed E-state index contributed by atoms with van der Waals surface area (Å²) in [5.74, 6) is 0.467. The van der Waals surface area contributed by atoms with Gasteiger partial charge in [-0.1, -0.05) is 15.9 Å². The van der Waals surface area contributed by atoms with Crippen molar-refractivity contribution in [3.05, 3.63) is 51.3 Å². The Balaban J connectivity index is 2.17. The van der Waals surface area contributed by atoms with Crippen molar-refractivity contribution in [1.82, 2.24) is 4.98 Å². The predicted octanol–water partition coefficient (Wildman–Crippen LogP) is 3.55. The van der Waals surface area contributed by atoms with Crippen LogP contribution in [-0.4, -0.2) is 18.1 Å². The van der Waals surface area contributed by atoms with Crippen LogP contribution in [-0.2, 0) is 4.79 Å². The van der Waals surface area contributed by atoms with Gasteiger partial charge in [-0.15, -0.1) is 0 Å². The highest BCUT2D eigenvalue weighted by Gasteiger charge is 2.14. The Morgan fingerprint density at radius 1 is 1.21 bits per heavy atom. The molecule has 0 bridgehead atoms. The smallest absolute Gasteiger partial charge is 0.347 e. The number of carbonyl (C=O) groups is 1. The van der Waals surface area contributed by atoms with Gasteiger partial charge in [0.05, 0.1) is 23.6 Å². The molecule has 0 aliphatic heterocycles. The maximum Gasteiger partial charge on any atom is 0.347 e. The van der Waals surface area contributed by atoms with Gasteiger partial charge in [0.2, 0.25) is 5.89 Å². The first-order chi connectivity index (χ1) is 11.5. The maximum absolute atomic E-state index is 12.3. The van der Waals surface area contributed by atoms with Crippen molar-refractivity contribution in [2.24, 2.45) is 0 Å². The molecule has 0 N–H and O–H groups in total. The molecule has 0 radical (unpaired) electrons. The van der Waals surface area contributed by atoms with Crippen molar-refractivity contribution in [2.45, 2.75) is 6.92 Å². The Morgan fingerprint density at radius 3 is 2.71 bits per heavy atom. The molecule has 2 aromatic carbocycles. The van der Waals surface area contributed by atoms with Gasteiger partial charge >= 0.3 is 11.6 Å². The van der Waals surface area contributed by atoms with E-state index >= 15 is 0 Å². The van der Waals surface area contributed by atoms with Crippen molar-refractivity contribution in [1.29, 1.82) is 0 Å². The van der Waals surface area contributed by atoms with Crippen LogP contribution in [0.25, 0.3) is 22.4 Å². The van der Waals surface area contributed by atoms with E-state index < -0.39 is 11.6 Å². The maximum atomic E-state index is 12.3. The summed E-state index contributed by atoms with van der Waals surface area (Å²) in [5.41, 5.74) is 0.403. The van der Waals surface area contributed by atoms with Crippen molar-refractivity contribution in [3.63, 3.8) is 0 Å². The number of esters is 1. The molecule has 3 aromatic rings. The van der Waals surface area contributed by atoms with E-state index in [1.165, 1.54) is 20.1 Å². The lowest BCUT2D eigenvalue weighted by molar-refractivity contribution is -0.131. The van der Waals surface area contributed by atoms with Gasteiger partial charge in [-0.2, -0.15) is 0 Å². The Hall–Kier alpha value is -2.67. The molecular formula is C17H12BrNO5. The Kier molecular flexibility index (Phi) is 4.35. The van der Waals surface area contributed by atoms with E-state index in [0.717, 1.165) is 4.47 Å². The molecule has 0 aliphatic carbocycles. The zero-order valence-corrected chi connectivity index (χ0v) is 14.4. The summed E-state index contributed by atoms with van der Waals surface area (Å²) in [5, 5.41) is 0.228. The SMILES string of the molecule is COc1ccc(Br)cc1-c1nc2ccc(OC(C)=O)cc2c(=O)o1. The molecule has 0 unspecified atom stereocenters. The van der Waals surface area contributed by atoms with Gasteiger partial charge in [0, 0.05) is 11.4 Å². The number of hydrogen-bond acceptors (Lipinski definition) is 6. The summed E-state index contributed by atoms with van der Waals surface area (Å²) in [6.07, 6.45) is 0. The number of aromatic nitrogens is 1. The van der Waals surface area contributed by atoms with Gasteiger partial charge in [-0.3, -0.25) is 4.79 Å². The number of rotatable bonds is 3. The van der Waals surface area contributed by atoms with Gasteiger partial charge in [-0.05, 0) is 36.4 Å². The number of carbonyl (C=O) groups excluding carboxylic acids is 1. The summed E-state index contributed by atoms with van der Waals surface area (Å²) in [7, 11) is 1.53. The van der Waals surface area contributed by atoms with Crippen molar-refractivity contribution in [2.75, 3.05) is 7.11 Å². The Labute approximate surface area is 145 Å². The summed E-state index contributed by atoms with van der Waals surface area (Å²) in [4.78, 5) is 27.7. The second-order valence-corrected chi connectivity index (χ2v) is 5.84. The van der Waals surface area contributed by atoms with Crippen LogP contribution in [0.2, 0.25) is 0 Å². The van der Waals surface area contributed by atoms with Gasteiger partial charge in [0.25, 0.3) is 0 Å². The fourth-order valence-corrected chi connectivity index (χ4v) is 2.60. The van der Waals surface area contributed by atoms with Crippen molar-refractivity contribution in [3.8, 4) is 23.0 Å². The molecule has 0 saturated heterocycles. The van der Waals surface area contributed by atoms with Crippen LogP contribution < -0.4 is 15.1 Å². The average Bonchev–Trinajstić information content (AvgIpc) is 2.54. The highest BCUT2D eigenvalue weighted by atomic mass is 79.9. The number of fused-ring (bicyclic) bond motifs is 1. The third-order valence-corrected chi connectivity index (χ3v) is 3.75. The van der Waals surface area contributed by atoms with Crippen molar-refractivity contribution < 1.29 is 18.7 Å². The monoisotopic (exact) mass is 389 g/mol. The van der Waals surface area contributed by atoms with E-state index in [-0.39, 0.29) is 17.0 Å². The van der Waals surface area contributed by atoms with E-state index in [1.54, 1.807) is 24.3 Å². The Morgan fingerprint density at radius 2 is 2.00 bits per heavy atom. The van der Waals surface area contributed by atoms with Crippen molar-refractivity contribution >= 4 is 32.8 Å². The van der Waals surface area contributed by atoms with E-state index in [1.807, 2.05) is 6.07 Å². The van der Waals surface area contributed by atoms with E-state index in [0.29, 0.717) is 16.8 Å². The molecule has 1 aromatic heterocycles. The lowest BCUT2D eigenvalue weighted by Crippen LogP contribution is -2.06. The quantitative estimate of drug-likeness (QED) is 0.503. The number of nitrogens with zero attached hydrogens (tertiary/aromatic N) is 1. The summed E-state index contributed by atoms with van der Waals surface area (Å²) in [6, 6.07) is 9.90. The second kappa shape index (κ2) is 6.45. The van der Waals surface area contributed by atoms with Crippen LogP contribution in [0.15, 0.2) is 50.1 Å². The standard InChI is InChI=1S/C17H12BrNO5/c1-9(20)23-11-4-5-14-12(8-11)17(21)24-16(19-14)13-7-10(18)3-6-15(13)22-2/h3-8H,1-2H3. The first kappa shape index (κ1) is 16.2. The topological polar surface area (TPSA) is 78.6 Å². The fourth-order valence-electron chi connectivity index (χ4n) is 2.24. The molecule has 7 heteroatoms. The van der Waals surface area contributed by atoms with Gasteiger partial charge in [0.1, 0.15) is 11.5 Å². The number of methoxy groups -OCH3 is 1. The molecule has 24 heavy (non-hydrogen) atoms. The summed E-state index contributed by atoms with van der Waals surface area (Å²) in [6.45, 7) is 1.29. The first-order valence-electron chi connectivity index (χ1n) is 6.95. The highest BCUT2D eigenvalue weighted by Crippen LogP contribution is 2.32. The molecule has 0 aliphatic rings. The predicted molar refractivity (Wildman–Crippen MR) is 91.3 cm³/mol. The highest BCUT2D eigenvalue weighted by molar-refractivity contribution is 9.10. The summed E-state index contributed by atoms with van der Waals surface area (Å²) < 4.78 is 16.4. The lowest BCUT2D eigenvalue weighted by atomic mass is 10.2. The molecule has 0 atom stereocenters. The minimum atomic E-state index is -0.578. The number of ether oxygens (including phenoxy) is 2. The van der Waals surface area contributed by atoms with Crippen LogP contribution in [0, 0.1) is 0 Å². The Bertz CT molecular complexity index is 996. The molecule has 1 heterocycles. The molecule has 0 saturated carbocycles. The molecule has 0 spiro atoms. The van der Waals surface area contributed by atoms with E-state index in [4.69, 9.17) is 13.9 Å². The summed E-state index contributed by atoms with van der Waals surface area (Å²) >= 11 is 3.37. The van der Waals surface area contributed by atoms with E-state index in [2.05, 4.69) is 20.9 Å². The number of hydrogen-bond donors (Lipinski definition) is 0. The third kappa shape index (κ3) is 3.16. The molecule has 0 fully saturated rings. The lowest BCUT2D eigenvalue weighted by Gasteiger charge is -2.08. The minimum Gasteiger partial charge on any atom is -0.496 e. The first-order valence-corrected chi connectivity index (χ1v) is 7.74. The normalized spacial score (nSPS) is 10.6. The number of halogens is 1. The zero-order valence-electron chi connectivity index (χ0n) is 12.8. The van der Waals surface area contributed by atoms with Gasteiger partial charge in [0.15, 0.2) is 0 Å². The molecule has 6 nitrogen and oxygen atoms in total. The van der Waals surface area contributed by atoms with Crippen LogP contribution in [0.5, 0.6) is 11.5 Å². The van der Waals surface area contributed by atoms with Crippen LogP contribution in [0.3, 0.4) is 0 Å². The zero-order chi connectivity index (χ0) is 17.3. The molecular weight excluding hydrogens is 378 g/mol. The molecule has 3 rings (SSSR count). The molecule has 0 amide bonds. The molecule has 122 valence electrons. The van der Waals surface area contributed by atoms with Gasteiger partial charge < -0.3 is 13.9 Å². The van der Waals surface area contributed by atoms with E-state index in [9.17, 15) is 9.59 Å². The fraction of sp³-hybridized carbons (Fsp3) is 0.118. The second-order valence-electron chi connectivity index (χ2n) is 4.92. The van der Waals surface area contributed by atoms with Crippen LogP contribution >= 0.6 is 15.9 Å². The largest absolute Gasteiger partial charge is 0.496 e.